The Labute approximate surface area is 54.7 Å². The van der Waals surface area contributed by atoms with Crippen molar-refractivity contribution in [2.75, 3.05) is 0 Å². The van der Waals surface area contributed by atoms with Gasteiger partial charge in [-0.2, -0.15) is 0 Å². The minimum Gasteiger partial charge on any atom is -0.147 e. The van der Waals surface area contributed by atoms with E-state index in [9.17, 15) is 0 Å². The van der Waals surface area contributed by atoms with E-state index in [1.54, 1.807) is 0 Å². The standard InChI is InChI=1S/C5H13P.ClH/c1-3-5(6)4-2;/h5H,3-4,6H2,1-2H3;1H. The van der Waals surface area contributed by atoms with Gasteiger partial charge in [-0.1, -0.05) is 13.8 Å². The average Bonchev–Trinajstić information content (AvgIpc) is 1.65. The van der Waals surface area contributed by atoms with Gasteiger partial charge in [0.15, 0.2) is 0 Å². The molecule has 0 nitrogen and oxygen atoms in total. The Morgan fingerprint density at radius 2 is 1.57 bits per heavy atom. The molecule has 0 radical (unpaired) electrons. The van der Waals surface area contributed by atoms with Crippen LogP contribution in [-0.2, 0) is 0 Å². The fraction of sp³-hybridized carbons (Fsp3) is 1.00. The van der Waals surface area contributed by atoms with Crippen LogP contribution in [0.25, 0.3) is 0 Å². The summed E-state index contributed by atoms with van der Waals surface area (Å²) in [4.78, 5) is 0. The fourth-order valence-electron chi connectivity index (χ4n) is 0.289. The second-order valence-electron chi connectivity index (χ2n) is 1.58. The van der Waals surface area contributed by atoms with E-state index in [1.807, 2.05) is 0 Å². The van der Waals surface area contributed by atoms with E-state index in [0.29, 0.717) is 0 Å². The molecule has 0 aromatic heterocycles. The molecule has 1 atom stereocenters. The lowest BCUT2D eigenvalue weighted by Crippen LogP contribution is -1.88. The monoisotopic (exact) mass is 140 g/mol. The van der Waals surface area contributed by atoms with Crippen molar-refractivity contribution >= 4 is 21.6 Å². The SMILES string of the molecule is CCC(P)CC.Cl. The molecule has 0 spiro atoms. The molecule has 0 rings (SSSR count). The van der Waals surface area contributed by atoms with Gasteiger partial charge < -0.3 is 0 Å². The van der Waals surface area contributed by atoms with E-state index in [0.717, 1.165) is 5.66 Å². The molecule has 0 aliphatic rings. The smallest absolute Gasteiger partial charge is 0.0269 e. The van der Waals surface area contributed by atoms with Crippen LogP contribution >= 0.6 is 21.6 Å². The van der Waals surface area contributed by atoms with Gasteiger partial charge in [-0.15, -0.1) is 21.6 Å². The highest BCUT2D eigenvalue weighted by Gasteiger charge is 1.88. The topological polar surface area (TPSA) is 0 Å². The van der Waals surface area contributed by atoms with E-state index in [4.69, 9.17) is 0 Å². The summed E-state index contributed by atoms with van der Waals surface area (Å²) in [5.41, 5.74) is 0.852. The quantitative estimate of drug-likeness (QED) is 0.517. The van der Waals surface area contributed by atoms with Crippen molar-refractivity contribution in [3.63, 3.8) is 0 Å². The van der Waals surface area contributed by atoms with Crippen LogP contribution in [0.15, 0.2) is 0 Å². The van der Waals surface area contributed by atoms with Gasteiger partial charge in [0.2, 0.25) is 0 Å². The summed E-state index contributed by atoms with van der Waals surface area (Å²) in [7, 11) is 2.81. The third-order valence-electron chi connectivity index (χ3n) is 1.05. The van der Waals surface area contributed by atoms with Crippen molar-refractivity contribution in [1.82, 2.24) is 0 Å². The van der Waals surface area contributed by atoms with Gasteiger partial charge in [-0.3, -0.25) is 0 Å². The molecule has 2 heteroatoms. The first-order valence-corrected chi connectivity index (χ1v) is 3.23. The summed E-state index contributed by atoms with van der Waals surface area (Å²) in [6, 6.07) is 0. The summed E-state index contributed by atoms with van der Waals surface area (Å²) in [6.45, 7) is 4.42. The maximum atomic E-state index is 2.81. The van der Waals surface area contributed by atoms with Crippen LogP contribution in [0.2, 0.25) is 0 Å². The molecule has 7 heavy (non-hydrogen) atoms. The first-order valence-electron chi connectivity index (χ1n) is 2.56. The minimum absolute atomic E-state index is 0. The zero-order chi connectivity index (χ0) is 4.99. The number of rotatable bonds is 2. The van der Waals surface area contributed by atoms with Crippen LogP contribution in [0.1, 0.15) is 26.7 Å². The Bertz CT molecular complexity index is 27.3. The molecule has 0 aromatic rings. The van der Waals surface area contributed by atoms with Crippen LogP contribution in [0, 0.1) is 0 Å². The summed E-state index contributed by atoms with van der Waals surface area (Å²) >= 11 is 0. The van der Waals surface area contributed by atoms with E-state index in [1.165, 1.54) is 12.8 Å². The molecular formula is C5H14ClP. The van der Waals surface area contributed by atoms with E-state index >= 15 is 0 Å². The highest BCUT2D eigenvalue weighted by Crippen LogP contribution is 2.06. The van der Waals surface area contributed by atoms with Crippen LogP contribution in [-0.4, -0.2) is 5.66 Å². The summed E-state index contributed by atoms with van der Waals surface area (Å²) in [6.07, 6.45) is 2.59. The average molecular weight is 141 g/mol. The predicted octanol–water partition coefficient (Wildman–Crippen LogP) is 2.47. The second-order valence-corrected chi connectivity index (χ2v) is 2.52. The van der Waals surface area contributed by atoms with E-state index in [2.05, 4.69) is 23.1 Å². The van der Waals surface area contributed by atoms with E-state index < -0.39 is 0 Å². The van der Waals surface area contributed by atoms with Crippen molar-refractivity contribution in [3.8, 4) is 0 Å². The Hall–Kier alpha value is 0.720. The van der Waals surface area contributed by atoms with Gasteiger partial charge in [-0.25, -0.2) is 0 Å². The third-order valence-corrected chi connectivity index (χ3v) is 1.99. The molecule has 0 amide bonds. The maximum absolute atomic E-state index is 2.81. The van der Waals surface area contributed by atoms with Gasteiger partial charge in [0.25, 0.3) is 0 Å². The first-order chi connectivity index (χ1) is 2.81. The molecule has 46 valence electrons. The summed E-state index contributed by atoms with van der Waals surface area (Å²) in [5.74, 6) is 0. The molecule has 0 aliphatic heterocycles. The van der Waals surface area contributed by atoms with Gasteiger partial charge in [0, 0.05) is 0 Å². The van der Waals surface area contributed by atoms with Gasteiger partial charge >= 0.3 is 0 Å². The van der Waals surface area contributed by atoms with Crippen molar-refractivity contribution in [2.45, 2.75) is 32.3 Å². The highest BCUT2D eigenvalue weighted by molar-refractivity contribution is 7.17. The Morgan fingerprint density at radius 1 is 1.29 bits per heavy atom. The van der Waals surface area contributed by atoms with Crippen molar-refractivity contribution in [3.05, 3.63) is 0 Å². The van der Waals surface area contributed by atoms with Crippen molar-refractivity contribution < 1.29 is 0 Å². The maximum Gasteiger partial charge on any atom is -0.0269 e. The van der Waals surface area contributed by atoms with Gasteiger partial charge in [-0.05, 0) is 18.5 Å². The third kappa shape index (κ3) is 6.72. The van der Waals surface area contributed by atoms with Crippen LogP contribution in [0.5, 0.6) is 0 Å². The molecular weight excluding hydrogens is 126 g/mol. The minimum atomic E-state index is 0. The Kier molecular flexibility index (Phi) is 10.2. The molecule has 0 heterocycles. The summed E-state index contributed by atoms with van der Waals surface area (Å²) in [5, 5.41) is 0. The van der Waals surface area contributed by atoms with Crippen LogP contribution in [0.4, 0.5) is 0 Å². The van der Waals surface area contributed by atoms with Gasteiger partial charge in [0.05, 0.1) is 0 Å². The van der Waals surface area contributed by atoms with Crippen LogP contribution in [0.3, 0.4) is 0 Å². The lowest BCUT2D eigenvalue weighted by atomic mass is 10.3. The predicted molar refractivity (Wildman–Crippen MR) is 41.3 cm³/mol. The fourth-order valence-corrected chi connectivity index (χ4v) is 0.289. The Balaban J connectivity index is 0. The lowest BCUT2D eigenvalue weighted by Gasteiger charge is -1.98. The lowest BCUT2D eigenvalue weighted by molar-refractivity contribution is 0.793. The molecule has 0 bridgehead atoms. The van der Waals surface area contributed by atoms with Gasteiger partial charge in [0.1, 0.15) is 0 Å². The molecule has 0 aromatic carbocycles. The zero-order valence-corrected chi connectivity index (χ0v) is 6.95. The normalized spacial score (nSPS) is 8.57. The first kappa shape index (κ1) is 10.7. The van der Waals surface area contributed by atoms with Crippen molar-refractivity contribution in [1.29, 1.82) is 0 Å². The van der Waals surface area contributed by atoms with E-state index in [-0.39, 0.29) is 12.4 Å². The molecule has 0 N–H and O–H groups in total. The molecule has 1 unspecified atom stereocenters. The van der Waals surface area contributed by atoms with Crippen molar-refractivity contribution in [2.24, 2.45) is 0 Å². The Morgan fingerprint density at radius 3 is 1.57 bits per heavy atom. The number of hydrogen-bond donors (Lipinski definition) is 0. The molecule has 0 fully saturated rings. The van der Waals surface area contributed by atoms with Crippen LogP contribution < -0.4 is 0 Å². The second kappa shape index (κ2) is 6.72. The zero-order valence-electron chi connectivity index (χ0n) is 4.98. The molecule has 0 saturated carbocycles. The number of hydrogen-bond acceptors (Lipinski definition) is 0. The summed E-state index contributed by atoms with van der Waals surface area (Å²) < 4.78 is 0. The largest absolute Gasteiger partial charge is 0.147 e. The molecule has 0 saturated heterocycles. The molecule has 0 aliphatic carbocycles. The number of halogens is 1. The highest BCUT2D eigenvalue weighted by atomic mass is 35.5.